The van der Waals surface area contributed by atoms with Gasteiger partial charge in [-0.25, -0.2) is 4.98 Å². The van der Waals surface area contributed by atoms with Crippen LogP contribution in [0.5, 0.6) is 0 Å². The summed E-state index contributed by atoms with van der Waals surface area (Å²) >= 11 is 1.17. The van der Waals surface area contributed by atoms with Gasteiger partial charge >= 0.3 is 0 Å². The Morgan fingerprint density at radius 2 is 1.95 bits per heavy atom. The average Bonchev–Trinajstić information content (AvgIpc) is 2.63. The maximum Gasteiger partial charge on any atom is 0.265 e. The van der Waals surface area contributed by atoms with Crippen molar-refractivity contribution in [3.05, 3.63) is 4.88 Å². The van der Waals surface area contributed by atoms with Crippen LogP contribution >= 0.6 is 11.3 Å². The van der Waals surface area contributed by atoms with E-state index in [0.717, 1.165) is 0 Å². The lowest BCUT2D eigenvalue weighted by atomic mass is 10.1. The monoisotopic (exact) mass is 313 g/mol. The van der Waals surface area contributed by atoms with E-state index in [2.05, 4.69) is 20.9 Å². The van der Waals surface area contributed by atoms with Crippen LogP contribution in [0.1, 0.15) is 44.3 Å². The molecule has 0 saturated heterocycles. The number of thiazole rings is 1. The molecule has 0 radical (unpaired) electrons. The quantitative estimate of drug-likeness (QED) is 0.653. The zero-order chi connectivity index (χ0) is 16.2. The van der Waals surface area contributed by atoms with Crippen LogP contribution in [0, 0.1) is 0 Å². The van der Waals surface area contributed by atoms with E-state index in [4.69, 9.17) is 5.73 Å². The molecule has 0 saturated carbocycles. The standard InChI is InChI=1S/C13H23N5O2S/c1-7(2)16-8(19)6-15-11(20)9-10(14)17-12(21-9)18-13(3,4)5/h7H,6,14H2,1-5H3,(H,15,20)(H,16,19)(H,17,18). The SMILES string of the molecule is CC(C)NC(=O)CNC(=O)c1sc(NC(C)(C)C)nc1N. The summed E-state index contributed by atoms with van der Waals surface area (Å²) in [6.07, 6.45) is 0. The highest BCUT2D eigenvalue weighted by atomic mass is 32.1. The van der Waals surface area contributed by atoms with Crippen LogP contribution < -0.4 is 21.7 Å². The molecule has 0 aliphatic carbocycles. The highest BCUT2D eigenvalue weighted by molar-refractivity contribution is 7.18. The fourth-order valence-corrected chi connectivity index (χ4v) is 2.49. The van der Waals surface area contributed by atoms with Crippen molar-refractivity contribution in [3.8, 4) is 0 Å². The summed E-state index contributed by atoms with van der Waals surface area (Å²) in [5.74, 6) is -0.478. The van der Waals surface area contributed by atoms with Gasteiger partial charge in [-0.2, -0.15) is 0 Å². The van der Waals surface area contributed by atoms with Gasteiger partial charge in [-0.3, -0.25) is 9.59 Å². The first-order valence-electron chi connectivity index (χ1n) is 6.70. The molecule has 5 N–H and O–H groups in total. The zero-order valence-corrected chi connectivity index (χ0v) is 13.9. The molecule has 0 aromatic carbocycles. The number of amides is 2. The highest BCUT2D eigenvalue weighted by Gasteiger charge is 2.19. The van der Waals surface area contributed by atoms with Crippen molar-refractivity contribution in [1.82, 2.24) is 15.6 Å². The number of nitrogens with one attached hydrogen (secondary N) is 3. The van der Waals surface area contributed by atoms with Gasteiger partial charge in [-0.1, -0.05) is 11.3 Å². The van der Waals surface area contributed by atoms with Crippen LogP contribution in [-0.2, 0) is 4.79 Å². The Labute approximate surface area is 128 Å². The smallest absolute Gasteiger partial charge is 0.265 e. The Kier molecular flexibility index (Phi) is 5.54. The first kappa shape index (κ1) is 17.2. The summed E-state index contributed by atoms with van der Waals surface area (Å²) in [6, 6.07) is 0.0328. The number of rotatable bonds is 5. The molecule has 0 bridgehead atoms. The summed E-state index contributed by atoms with van der Waals surface area (Å²) in [5, 5.41) is 8.96. The van der Waals surface area contributed by atoms with Crippen molar-refractivity contribution >= 4 is 34.1 Å². The number of hydrogen-bond acceptors (Lipinski definition) is 6. The Hall–Kier alpha value is -1.83. The number of nitrogens with two attached hydrogens (primary N) is 1. The summed E-state index contributed by atoms with van der Waals surface area (Å²) in [4.78, 5) is 27.9. The van der Waals surface area contributed by atoms with Gasteiger partial charge < -0.3 is 21.7 Å². The van der Waals surface area contributed by atoms with Crippen LogP contribution in [0.2, 0.25) is 0 Å². The van der Waals surface area contributed by atoms with E-state index in [-0.39, 0.29) is 29.9 Å². The maximum absolute atomic E-state index is 12.0. The minimum absolute atomic E-state index is 0.0328. The van der Waals surface area contributed by atoms with Gasteiger partial charge in [0.05, 0.1) is 6.54 Å². The molecule has 1 rings (SSSR count). The van der Waals surface area contributed by atoms with Crippen molar-refractivity contribution in [2.24, 2.45) is 0 Å². The van der Waals surface area contributed by atoms with E-state index in [0.29, 0.717) is 10.0 Å². The normalized spacial score (nSPS) is 11.3. The molecule has 0 aliphatic rings. The summed E-state index contributed by atoms with van der Waals surface area (Å²) in [5.41, 5.74) is 5.57. The van der Waals surface area contributed by atoms with E-state index in [9.17, 15) is 9.59 Å². The van der Waals surface area contributed by atoms with E-state index in [1.807, 2.05) is 34.6 Å². The molecule has 8 heteroatoms. The summed E-state index contributed by atoms with van der Waals surface area (Å²) in [7, 11) is 0. The second kappa shape index (κ2) is 6.75. The molecule has 0 fully saturated rings. The molecule has 1 aromatic heterocycles. The second-order valence-corrected chi connectivity index (χ2v) is 7.01. The molecule has 0 aliphatic heterocycles. The number of hydrogen-bond donors (Lipinski definition) is 4. The van der Waals surface area contributed by atoms with E-state index in [1.165, 1.54) is 11.3 Å². The maximum atomic E-state index is 12.0. The predicted octanol–water partition coefficient (Wildman–Crippen LogP) is 1.19. The first-order valence-corrected chi connectivity index (χ1v) is 7.52. The Bertz CT molecular complexity index is 519. The van der Waals surface area contributed by atoms with Gasteiger partial charge in [-0.05, 0) is 34.6 Å². The van der Waals surface area contributed by atoms with E-state index >= 15 is 0 Å². The lowest BCUT2D eigenvalue weighted by Gasteiger charge is -2.19. The molecular weight excluding hydrogens is 290 g/mol. The van der Waals surface area contributed by atoms with Gasteiger partial charge in [0.25, 0.3) is 5.91 Å². The Morgan fingerprint density at radius 3 is 2.48 bits per heavy atom. The molecular formula is C13H23N5O2S. The third-order valence-electron chi connectivity index (χ3n) is 2.20. The molecule has 7 nitrogen and oxygen atoms in total. The largest absolute Gasteiger partial charge is 0.382 e. The number of carbonyl (C=O) groups excluding carboxylic acids is 2. The van der Waals surface area contributed by atoms with Crippen molar-refractivity contribution in [3.63, 3.8) is 0 Å². The third kappa shape index (κ3) is 5.99. The zero-order valence-electron chi connectivity index (χ0n) is 13.0. The molecule has 0 atom stereocenters. The number of anilines is 2. The molecule has 1 aromatic rings. The fraction of sp³-hybridized carbons (Fsp3) is 0.615. The predicted molar refractivity (Wildman–Crippen MR) is 85.5 cm³/mol. The van der Waals surface area contributed by atoms with Crippen LogP contribution in [0.25, 0.3) is 0 Å². The van der Waals surface area contributed by atoms with Gasteiger partial charge in [0.1, 0.15) is 10.7 Å². The minimum Gasteiger partial charge on any atom is -0.382 e. The van der Waals surface area contributed by atoms with Crippen LogP contribution in [-0.4, -0.2) is 34.9 Å². The third-order valence-corrected chi connectivity index (χ3v) is 3.19. The number of carbonyl (C=O) groups is 2. The van der Waals surface area contributed by atoms with Gasteiger partial charge in [-0.15, -0.1) is 0 Å². The van der Waals surface area contributed by atoms with E-state index in [1.54, 1.807) is 0 Å². The average molecular weight is 313 g/mol. The van der Waals surface area contributed by atoms with Crippen LogP contribution in [0.4, 0.5) is 10.9 Å². The van der Waals surface area contributed by atoms with Crippen molar-refractivity contribution < 1.29 is 9.59 Å². The Morgan fingerprint density at radius 1 is 1.33 bits per heavy atom. The molecule has 1 heterocycles. The highest BCUT2D eigenvalue weighted by Crippen LogP contribution is 2.26. The molecule has 2 amide bonds. The summed E-state index contributed by atoms with van der Waals surface area (Å²) in [6.45, 7) is 9.58. The van der Waals surface area contributed by atoms with Crippen molar-refractivity contribution in [2.45, 2.75) is 46.2 Å². The lowest BCUT2D eigenvalue weighted by Crippen LogP contribution is -2.39. The van der Waals surface area contributed by atoms with Gasteiger partial charge in [0.15, 0.2) is 5.13 Å². The van der Waals surface area contributed by atoms with Crippen molar-refractivity contribution in [2.75, 3.05) is 17.6 Å². The first-order chi connectivity index (χ1) is 9.58. The van der Waals surface area contributed by atoms with Gasteiger partial charge in [0.2, 0.25) is 5.91 Å². The van der Waals surface area contributed by atoms with Crippen LogP contribution in [0.3, 0.4) is 0 Å². The molecule has 0 unspecified atom stereocenters. The molecule has 0 spiro atoms. The topological polar surface area (TPSA) is 109 Å². The van der Waals surface area contributed by atoms with Crippen molar-refractivity contribution in [1.29, 1.82) is 0 Å². The Balaban J connectivity index is 2.64. The van der Waals surface area contributed by atoms with Crippen LogP contribution in [0.15, 0.2) is 0 Å². The number of nitrogen functional groups attached to an aromatic ring is 1. The molecule has 118 valence electrons. The molecule has 21 heavy (non-hydrogen) atoms. The van der Waals surface area contributed by atoms with Gasteiger partial charge in [0, 0.05) is 11.6 Å². The number of nitrogens with zero attached hydrogens (tertiary/aromatic N) is 1. The van der Waals surface area contributed by atoms with E-state index < -0.39 is 5.91 Å². The number of aromatic nitrogens is 1. The lowest BCUT2D eigenvalue weighted by molar-refractivity contribution is -0.120. The second-order valence-electron chi connectivity index (χ2n) is 6.01. The minimum atomic E-state index is -0.397. The summed E-state index contributed by atoms with van der Waals surface area (Å²) < 4.78 is 0. The fourth-order valence-electron chi connectivity index (χ4n) is 1.48.